The van der Waals surface area contributed by atoms with Crippen LogP contribution in [0.2, 0.25) is 0 Å². The number of hydrogen-bond donors (Lipinski definition) is 1. The van der Waals surface area contributed by atoms with Crippen molar-refractivity contribution in [2.24, 2.45) is 0 Å². The van der Waals surface area contributed by atoms with Gasteiger partial charge in [-0.05, 0) is 38.8 Å². The zero-order valence-electron chi connectivity index (χ0n) is 16.7. The standard InChI is InChI=1S/C19H23FN6O3S/c1-12-7-8-16(29-12)18-23-24-19(26(18)15-5-3-4-6-15)25-30(27,28)13(2)9-17-21-10-14(20)11-22-17/h7-8,10-11,13,15H,3-6,9H2,1-2H3,(H,24,25). The minimum Gasteiger partial charge on any atom is -0.458 e. The molecular formula is C19H23FN6O3S. The first-order valence-corrected chi connectivity index (χ1v) is 11.4. The molecule has 0 radical (unpaired) electrons. The number of nitrogens with one attached hydrogen (secondary N) is 1. The Hall–Kier alpha value is -2.82. The van der Waals surface area contributed by atoms with Gasteiger partial charge in [-0.3, -0.25) is 9.29 Å². The molecular weight excluding hydrogens is 411 g/mol. The number of hydrogen-bond acceptors (Lipinski definition) is 7. The third kappa shape index (κ3) is 4.20. The van der Waals surface area contributed by atoms with Crippen LogP contribution in [0.25, 0.3) is 11.6 Å². The summed E-state index contributed by atoms with van der Waals surface area (Å²) < 4.78 is 49.0. The van der Waals surface area contributed by atoms with Crippen LogP contribution in [0.1, 0.15) is 50.2 Å². The minimum absolute atomic E-state index is 0.0391. The lowest BCUT2D eigenvalue weighted by Crippen LogP contribution is -2.29. The lowest BCUT2D eigenvalue weighted by molar-refractivity contribution is 0.503. The van der Waals surface area contributed by atoms with E-state index >= 15 is 0 Å². The first-order valence-electron chi connectivity index (χ1n) is 9.83. The number of sulfonamides is 1. The van der Waals surface area contributed by atoms with Crippen molar-refractivity contribution in [3.05, 3.63) is 41.9 Å². The van der Waals surface area contributed by atoms with Gasteiger partial charge in [-0.1, -0.05) is 12.8 Å². The lowest BCUT2D eigenvalue weighted by Gasteiger charge is -2.18. The van der Waals surface area contributed by atoms with E-state index in [4.69, 9.17) is 4.42 Å². The van der Waals surface area contributed by atoms with Gasteiger partial charge in [0.2, 0.25) is 21.8 Å². The van der Waals surface area contributed by atoms with Crippen LogP contribution in [-0.4, -0.2) is 38.4 Å². The summed E-state index contributed by atoms with van der Waals surface area (Å²) in [7, 11) is -3.82. The Bertz CT molecular complexity index is 1120. The molecule has 1 saturated carbocycles. The Labute approximate surface area is 173 Å². The van der Waals surface area contributed by atoms with E-state index in [9.17, 15) is 12.8 Å². The molecule has 0 spiro atoms. The van der Waals surface area contributed by atoms with E-state index in [2.05, 4.69) is 24.9 Å². The molecule has 1 aliphatic rings. The fourth-order valence-electron chi connectivity index (χ4n) is 3.63. The smallest absolute Gasteiger partial charge is 0.238 e. The van der Waals surface area contributed by atoms with Crippen molar-refractivity contribution in [3.63, 3.8) is 0 Å². The molecule has 0 aromatic carbocycles. The van der Waals surface area contributed by atoms with Crippen molar-refractivity contribution in [3.8, 4) is 11.6 Å². The summed E-state index contributed by atoms with van der Waals surface area (Å²) in [5.41, 5.74) is 0. The maximum absolute atomic E-state index is 13.0. The molecule has 3 aromatic rings. The molecule has 9 nitrogen and oxygen atoms in total. The molecule has 0 bridgehead atoms. The molecule has 0 saturated heterocycles. The summed E-state index contributed by atoms with van der Waals surface area (Å²) in [6.07, 6.45) is 6.02. The van der Waals surface area contributed by atoms with Crippen LogP contribution in [0, 0.1) is 12.7 Å². The molecule has 1 N–H and O–H groups in total. The van der Waals surface area contributed by atoms with Gasteiger partial charge >= 0.3 is 0 Å². The van der Waals surface area contributed by atoms with E-state index in [1.165, 1.54) is 0 Å². The maximum atomic E-state index is 13.0. The molecule has 0 amide bonds. The van der Waals surface area contributed by atoms with Crippen LogP contribution >= 0.6 is 0 Å². The van der Waals surface area contributed by atoms with Crippen LogP contribution < -0.4 is 4.72 Å². The number of rotatable bonds is 7. The van der Waals surface area contributed by atoms with Gasteiger partial charge in [0.1, 0.15) is 11.6 Å². The third-order valence-electron chi connectivity index (χ3n) is 5.25. The molecule has 1 atom stereocenters. The van der Waals surface area contributed by atoms with Crippen LogP contribution in [0.5, 0.6) is 0 Å². The van der Waals surface area contributed by atoms with E-state index < -0.39 is 21.1 Å². The average Bonchev–Trinajstić information content (AvgIpc) is 3.44. The zero-order chi connectivity index (χ0) is 21.3. The summed E-state index contributed by atoms with van der Waals surface area (Å²) in [4.78, 5) is 7.68. The zero-order valence-corrected chi connectivity index (χ0v) is 17.6. The Balaban J connectivity index is 1.61. The highest BCUT2D eigenvalue weighted by atomic mass is 32.2. The summed E-state index contributed by atoms with van der Waals surface area (Å²) >= 11 is 0. The predicted molar refractivity (Wildman–Crippen MR) is 108 cm³/mol. The Kier molecular flexibility index (Phi) is 5.54. The molecule has 30 heavy (non-hydrogen) atoms. The molecule has 1 unspecified atom stereocenters. The Morgan fingerprint density at radius 2 is 1.93 bits per heavy atom. The lowest BCUT2D eigenvalue weighted by atomic mass is 10.2. The van der Waals surface area contributed by atoms with Crippen molar-refractivity contribution in [2.75, 3.05) is 4.72 Å². The summed E-state index contributed by atoms with van der Waals surface area (Å²) in [6.45, 7) is 3.38. The second-order valence-corrected chi connectivity index (χ2v) is 9.64. The highest BCUT2D eigenvalue weighted by molar-refractivity contribution is 7.93. The van der Waals surface area contributed by atoms with Crippen molar-refractivity contribution >= 4 is 16.0 Å². The fraction of sp³-hybridized carbons (Fsp3) is 0.474. The van der Waals surface area contributed by atoms with Gasteiger partial charge in [-0.15, -0.1) is 10.2 Å². The SMILES string of the molecule is Cc1ccc(-c2nnc(NS(=O)(=O)C(C)Cc3ncc(F)cn3)n2C2CCCC2)o1. The molecule has 11 heteroatoms. The summed E-state index contributed by atoms with van der Waals surface area (Å²) in [5.74, 6) is 1.63. The van der Waals surface area contributed by atoms with Gasteiger partial charge in [0.25, 0.3) is 0 Å². The largest absolute Gasteiger partial charge is 0.458 e. The van der Waals surface area contributed by atoms with Gasteiger partial charge in [0, 0.05) is 12.5 Å². The predicted octanol–water partition coefficient (Wildman–Crippen LogP) is 3.26. The van der Waals surface area contributed by atoms with Crippen LogP contribution in [0.15, 0.2) is 28.9 Å². The van der Waals surface area contributed by atoms with E-state index in [0.29, 0.717) is 11.6 Å². The van der Waals surface area contributed by atoms with Crippen molar-refractivity contribution in [1.82, 2.24) is 24.7 Å². The van der Waals surface area contributed by atoms with Crippen molar-refractivity contribution in [1.29, 1.82) is 0 Å². The Morgan fingerprint density at radius 1 is 1.23 bits per heavy atom. The van der Waals surface area contributed by atoms with Crippen molar-refractivity contribution < 1.29 is 17.2 Å². The van der Waals surface area contributed by atoms with E-state index in [1.807, 2.05) is 17.6 Å². The van der Waals surface area contributed by atoms with E-state index in [1.54, 1.807) is 13.0 Å². The van der Waals surface area contributed by atoms with Gasteiger partial charge in [-0.2, -0.15) is 0 Å². The van der Waals surface area contributed by atoms with Gasteiger partial charge < -0.3 is 4.42 Å². The minimum atomic E-state index is -3.82. The van der Waals surface area contributed by atoms with Gasteiger partial charge in [-0.25, -0.2) is 22.8 Å². The second-order valence-electron chi connectivity index (χ2n) is 7.55. The number of aryl methyl sites for hydroxylation is 1. The molecule has 3 heterocycles. The monoisotopic (exact) mass is 434 g/mol. The highest BCUT2D eigenvalue weighted by Crippen LogP contribution is 2.36. The number of anilines is 1. The summed E-state index contributed by atoms with van der Waals surface area (Å²) in [6, 6.07) is 3.73. The molecule has 1 aliphatic carbocycles. The van der Waals surface area contributed by atoms with Gasteiger partial charge in [0.05, 0.1) is 17.6 Å². The topological polar surface area (TPSA) is 116 Å². The maximum Gasteiger partial charge on any atom is 0.238 e. The number of furan rings is 1. The molecule has 4 rings (SSSR count). The number of aromatic nitrogens is 5. The first kappa shape index (κ1) is 20.5. The molecule has 3 aromatic heterocycles. The van der Waals surface area contributed by atoms with Crippen LogP contribution in [0.3, 0.4) is 0 Å². The van der Waals surface area contributed by atoms with E-state index in [0.717, 1.165) is 43.8 Å². The molecule has 0 aliphatic heterocycles. The normalized spacial score (nSPS) is 16.1. The Morgan fingerprint density at radius 3 is 2.57 bits per heavy atom. The highest BCUT2D eigenvalue weighted by Gasteiger charge is 2.30. The third-order valence-corrected chi connectivity index (χ3v) is 6.95. The van der Waals surface area contributed by atoms with Crippen LogP contribution in [-0.2, 0) is 16.4 Å². The number of halogens is 1. The van der Waals surface area contributed by atoms with Crippen LogP contribution in [0.4, 0.5) is 10.3 Å². The average molecular weight is 434 g/mol. The molecule has 1 fully saturated rings. The van der Waals surface area contributed by atoms with Gasteiger partial charge in [0.15, 0.2) is 11.6 Å². The first-order chi connectivity index (χ1) is 14.3. The van der Waals surface area contributed by atoms with E-state index in [-0.39, 0.29) is 24.2 Å². The van der Waals surface area contributed by atoms with Crippen molar-refractivity contribution in [2.45, 2.75) is 57.2 Å². The number of nitrogens with zero attached hydrogens (tertiary/aromatic N) is 5. The molecule has 160 valence electrons. The quantitative estimate of drug-likeness (QED) is 0.607. The fourth-order valence-corrected chi connectivity index (χ4v) is 4.59. The second kappa shape index (κ2) is 8.13. The summed E-state index contributed by atoms with van der Waals surface area (Å²) in [5, 5.41) is 7.47.